The van der Waals surface area contributed by atoms with Crippen LogP contribution in [0.15, 0.2) is 18.2 Å². The van der Waals surface area contributed by atoms with E-state index in [0.29, 0.717) is 48.1 Å². The molecule has 0 aromatic heterocycles. The zero-order chi connectivity index (χ0) is 21.3. The molecule has 1 unspecified atom stereocenters. The van der Waals surface area contributed by atoms with Gasteiger partial charge in [0.05, 0.1) is 16.5 Å². The summed E-state index contributed by atoms with van der Waals surface area (Å²) >= 11 is 12.0. The lowest BCUT2D eigenvalue weighted by Gasteiger charge is -2.35. The minimum Gasteiger partial charge on any atom is -0.349 e. The Morgan fingerprint density at radius 2 is 1.79 bits per heavy atom. The number of piperidine rings is 1. The number of benzene rings is 1. The van der Waals surface area contributed by atoms with E-state index in [0.717, 1.165) is 0 Å². The van der Waals surface area contributed by atoms with Gasteiger partial charge >= 0.3 is 0 Å². The van der Waals surface area contributed by atoms with Crippen LogP contribution in [0.2, 0.25) is 10.0 Å². The van der Waals surface area contributed by atoms with E-state index in [1.807, 2.05) is 25.7 Å². The number of nitrogens with zero attached hydrogens (tertiary/aromatic N) is 2. The molecule has 2 fully saturated rings. The Bertz CT molecular complexity index is 814. The van der Waals surface area contributed by atoms with Crippen LogP contribution in [0, 0.1) is 5.92 Å². The van der Waals surface area contributed by atoms with E-state index < -0.39 is 0 Å². The second-order valence-electron chi connectivity index (χ2n) is 8.77. The van der Waals surface area contributed by atoms with Crippen LogP contribution in [0.4, 0.5) is 0 Å². The molecule has 1 atom stereocenters. The molecule has 2 aliphatic heterocycles. The minimum absolute atomic E-state index is 0.0189. The number of amides is 3. The molecule has 2 heterocycles. The van der Waals surface area contributed by atoms with Crippen molar-refractivity contribution in [3.63, 3.8) is 0 Å². The van der Waals surface area contributed by atoms with Crippen molar-refractivity contribution in [1.82, 2.24) is 15.1 Å². The molecule has 1 aromatic rings. The van der Waals surface area contributed by atoms with Gasteiger partial charge in [0.15, 0.2) is 0 Å². The molecule has 2 aliphatic rings. The fourth-order valence-corrected chi connectivity index (χ4v) is 4.45. The highest BCUT2D eigenvalue weighted by Gasteiger charge is 2.41. The SMILES string of the molecule is CC(C)(C)N1CC(C(=O)N2CCC(NC(=O)c3ccc(Cl)cc3Cl)CC2)CC1=O. The highest BCUT2D eigenvalue weighted by Crippen LogP contribution is 2.28. The van der Waals surface area contributed by atoms with Crippen molar-refractivity contribution in [1.29, 1.82) is 0 Å². The Balaban J connectivity index is 1.52. The third-order valence-corrected chi connectivity index (χ3v) is 6.15. The van der Waals surface area contributed by atoms with Crippen LogP contribution >= 0.6 is 23.2 Å². The lowest BCUT2D eigenvalue weighted by atomic mass is 10.0. The molecule has 6 nitrogen and oxygen atoms in total. The Morgan fingerprint density at radius 1 is 1.14 bits per heavy atom. The highest BCUT2D eigenvalue weighted by molar-refractivity contribution is 6.36. The van der Waals surface area contributed by atoms with Crippen molar-refractivity contribution in [2.75, 3.05) is 19.6 Å². The summed E-state index contributed by atoms with van der Waals surface area (Å²) in [6.07, 6.45) is 1.63. The molecule has 2 saturated heterocycles. The van der Waals surface area contributed by atoms with Gasteiger partial charge in [0.1, 0.15) is 0 Å². The normalized spacial score (nSPS) is 20.9. The summed E-state index contributed by atoms with van der Waals surface area (Å²) in [4.78, 5) is 41.2. The van der Waals surface area contributed by atoms with E-state index in [4.69, 9.17) is 23.2 Å². The molecule has 3 amide bonds. The first-order valence-corrected chi connectivity index (χ1v) is 10.7. The number of halogens is 2. The van der Waals surface area contributed by atoms with Crippen LogP contribution in [0.1, 0.15) is 50.4 Å². The lowest BCUT2D eigenvalue weighted by molar-refractivity contribution is -0.136. The molecule has 158 valence electrons. The van der Waals surface area contributed by atoms with Gasteiger partial charge in [0.2, 0.25) is 11.8 Å². The van der Waals surface area contributed by atoms with Crippen molar-refractivity contribution >= 4 is 40.9 Å². The molecule has 29 heavy (non-hydrogen) atoms. The maximum Gasteiger partial charge on any atom is 0.253 e. The summed E-state index contributed by atoms with van der Waals surface area (Å²) in [5, 5.41) is 3.79. The van der Waals surface area contributed by atoms with Gasteiger partial charge in [-0.05, 0) is 51.8 Å². The zero-order valence-electron chi connectivity index (χ0n) is 17.0. The average Bonchev–Trinajstić information content (AvgIpc) is 3.04. The van der Waals surface area contributed by atoms with E-state index in [9.17, 15) is 14.4 Å². The molecule has 1 N–H and O–H groups in total. The summed E-state index contributed by atoms with van der Waals surface area (Å²) in [5.74, 6) is -0.437. The summed E-state index contributed by atoms with van der Waals surface area (Å²) in [6.45, 7) is 7.57. The third kappa shape index (κ3) is 5.04. The molecular weight excluding hydrogens is 413 g/mol. The van der Waals surface area contributed by atoms with Crippen molar-refractivity contribution < 1.29 is 14.4 Å². The standard InChI is InChI=1S/C21H27Cl2N3O3/c1-21(2,3)26-12-13(10-18(26)27)20(29)25-8-6-15(7-9-25)24-19(28)16-5-4-14(22)11-17(16)23/h4-5,11,13,15H,6-10,12H2,1-3H3,(H,24,28). The molecule has 1 aromatic carbocycles. The number of nitrogens with one attached hydrogen (secondary N) is 1. The fraction of sp³-hybridized carbons (Fsp3) is 0.571. The van der Waals surface area contributed by atoms with Gasteiger partial charge in [-0.1, -0.05) is 23.2 Å². The van der Waals surface area contributed by atoms with Gasteiger partial charge in [-0.3, -0.25) is 14.4 Å². The van der Waals surface area contributed by atoms with E-state index in [-0.39, 0.29) is 41.6 Å². The summed E-state index contributed by atoms with van der Waals surface area (Å²) < 4.78 is 0. The van der Waals surface area contributed by atoms with Crippen LogP contribution < -0.4 is 5.32 Å². The van der Waals surface area contributed by atoms with Crippen LogP contribution in [-0.4, -0.2) is 58.7 Å². The predicted molar refractivity (Wildman–Crippen MR) is 113 cm³/mol. The van der Waals surface area contributed by atoms with E-state index in [1.165, 1.54) is 0 Å². The number of likely N-dealkylation sites (tertiary alicyclic amines) is 2. The molecule has 0 saturated carbocycles. The topological polar surface area (TPSA) is 69.7 Å². The third-order valence-electron chi connectivity index (χ3n) is 5.60. The molecule has 3 rings (SSSR count). The minimum atomic E-state index is -0.277. The average molecular weight is 440 g/mol. The van der Waals surface area contributed by atoms with Crippen molar-refractivity contribution in [3.05, 3.63) is 33.8 Å². The molecule has 8 heteroatoms. The monoisotopic (exact) mass is 439 g/mol. The highest BCUT2D eigenvalue weighted by atomic mass is 35.5. The Kier molecular flexibility index (Phi) is 6.44. The van der Waals surface area contributed by atoms with Crippen molar-refractivity contribution in [2.24, 2.45) is 5.92 Å². The maximum absolute atomic E-state index is 12.9. The van der Waals surface area contributed by atoms with E-state index in [1.54, 1.807) is 23.1 Å². The van der Waals surface area contributed by atoms with Crippen molar-refractivity contribution in [3.8, 4) is 0 Å². The van der Waals surface area contributed by atoms with E-state index in [2.05, 4.69) is 5.32 Å². The number of carbonyl (C=O) groups excluding carboxylic acids is 3. The quantitative estimate of drug-likeness (QED) is 0.784. The second kappa shape index (κ2) is 8.52. The van der Waals surface area contributed by atoms with Crippen molar-refractivity contribution in [2.45, 2.75) is 51.6 Å². The van der Waals surface area contributed by atoms with Gasteiger partial charge in [-0.15, -0.1) is 0 Å². The molecule has 0 bridgehead atoms. The zero-order valence-corrected chi connectivity index (χ0v) is 18.5. The Morgan fingerprint density at radius 3 is 2.34 bits per heavy atom. The fourth-order valence-electron chi connectivity index (χ4n) is 3.96. The van der Waals surface area contributed by atoms with Crippen LogP contribution in [0.3, 0.4) is 0 Å². The lowest BCUT2D eigenvalue weighted by Crippen LogP contribution is -2.49. The largest absolute Gasteiger partial charge is 0.349 e. The first kappa shape index (κ1) is 21.9. The second-order valence-corrected chi connectivity index (χ2v) is 9.62. The molecule has 0 spiro atoms. The molecule has 0 aliphatic carbocycles. The summed E-state index contributed by atoms with van der Waals surface area (Å²) in [7, 11) is 0. The smallest absolute Gasteiger partial charge is 0.253 e. The van der Waals surface area contributed by atoms with Crippen LogP contribution in [0.25, 0.3) is 0 Å². The number of carbonyl (C=O) groups is 3. The Hall–Kier alpha value is -1.79. The number of hydrogen-bond acceptors (Lipinski definition) is 3. The summed E-state index contributed by atoms with van der Waals surface area (Å²) in [6, 6.07) is 4.77. The summed E-state index contributed by atoms with van der Waals surface area (Å²) in [5.41, 5.74) is 0.119. The maximum atomic E-state index is 12.9. The van der Waals surface area contributed by atoms with Gasteiger partial charge in [-0.2, -0.15) is 0 Å². The Labute approximate surface area is 181 Å². The van der Waals surface area contributed by atoms with Crippen LogP contribution in [-0.2, 0) is 9.59 Å². The first-order valence-electron chi connectivity index (χ1n) is 9.91. The first-order chi connectivity index (χ1) is 13.6. The van der Waals surface area contributed by atoms with Gasteiger partial charge in [-0.25, -0.2) is 0 Å². The molecular formula is C21H27Cl2N3O3. The predicted octanol–water partition coefficient (Wildman–Crippen LogP) is 3.36. The van der Waals surface area contributed by atoms with Crippen LogP contribution in [0.5, 0.6) is 0 Å². The van der Waals surface area contributed by atoms with E-state index >= 15 is 0 Å². The number of rotatable bonds is 3. The molecule has 0 radical (unpaired) electrons. The number of hydrogen-bond donors (Lipinski definition) is 1. The van der Waals surface area contributed by atoms with Gasteiger partial charge in [0.25, 0.3) is 5.91 Å². The van der Waals surface area contributed by atoms with Gasteiger partial charge in [0, 0.05) is 42.7 Å². The van der Waals surface area contributed by atoms with Gasteiger partial charge < -0.3 is 15.1 Å².